The highest BCUT2D eigenvalue weighted by Crippen LogP contribution is 2.38. The molecule has 7 heteroatoms. The summed E-state index contributed by atoms with van der Waals surface area (Å²) in [7, 11) is 4.47. The van der Waals surface area contributed by atoms with E-state index in [2.05, 4.69) is 10.6 Å². The molecule has 0 unspecified atom stereocenters. The molecule has 0 saturated heterocycles. The fourth-order valence-corrected chi connectivity index (χ4v) is 2.54. The van der Waals surface area contributed by atoms with Gasteiger partial charge in [-0.1, -0.05) is 30.3 Å². The number of hydrogen-bond acceptors (Lipinski definition) is 5. The molecule has 0 saturated carbocycles. The van der Waals surface area contributed by atoms with Gasteiger partial charge in [-0.05, 0) is 17.7 Å². The van der Waals surface area contributed by atoms with Crippen molar-refractivity contribution in [1.82, 2.24) is 10.6 Å². The van der Waals surface area contributed by atoms with Crippen LogP contribution in [-0.4, -0.2) is 46.2 Å². The lowest BCUT2D eigenvalue weighted by molar-refractivity contribution is -0.120. The van der Waals surface area contributed by atoms with Crippen LogP contribution in [0.15, 0.2) is 42.5 Å². The fourth-order valence-electron chi connectivity index (χ4n) is 2.54. The van der Waals surface area contributed by atoms with Gasteiger partial charge in [-0.2, -0.15) is 0 Å². The molecule has 0 fully saturated rings. The predicted octanol–water partition coefficient (Wildman–Crippen LogP) is 1.80. The van der Waals surface area contributed by atoms with Crippen molar-refractivity contribution in [1.29, 1.82) is 0 Å². The highest BCUT2D eigenvalue weighted by Gasteiger charge is 2.16. The Morgan fingerprint density at radius 2 is 1.44 bits per heavy atom. The molecule has 0 aromatic heterocycles. The van der Waals surface area contributed by atoms with Crippen LogP contribution >= 0.6 is 0 Å². The lowest BCUT2D eigenvalue weighted by Crippen LogP contribution is -2.35. The Bertz CT molecular complexity index is 752. The molecule has 2 amide bonds. The highest BCUT2D eigenvalue weighted by molar-refractivity contribution is 5.95. The van der Waals surface area contributed by atoms with Crippen molar-refractivity contribution in [3.63, 3.8) is 0 Å². The van der Waals surface area contributed by atoms with Crippen molar-refractivity contribution >= 4 is 11.8 Å². The number of carbonyl (C=O) groups excluding carboxylic acids is 2. The van der Waals surface area contributed by atoms with E-state index < -0.39 is 0 Å². The first-order valence-electron chi connectivity index (χ1n) is 8.47. The van der Waals surface area contributed by atoms with Gasteiger partial charge in [0.05, 0.1) is 27.8 Å². The van der Waals surface area contributed by atoms with Crippen LogP contribution in [0, 0.1) is 0 Å². The molecule has 0 spiro atoms. The number of amides is 2. The first kappa shape index (κ1) is 20.1. The van der Waals surface area contributed by atoms with Crippen molar-refractivity contribution in [2.45, 2.75) is 6.42 Å². The van der Waals surface area contributed by atoms with E-state index in [9.17, 15) is 9.59 Å². The summed E-state index contributed by atoms with van der Waals surface area (Å²) in [5, 5.41) is 5.53. The molecule has 0 heterocycles. The molecule has 2 aromatic carbocycles. The van der Waals surface area contributed by atoms with Crippen LogP contribution < -0.4 is 24.8 Å². The van der Waals surface area contributed by atoms with Crippen molar-refractivity contribution in [3.8, 4) is 17.2 Å². The van der Waals surface area contributed by atoms with Crippen LogP contribution in [-0.2, 0) is 11.2 Å². The SMILES string of the molecule is COc1cc(C(=O)NCCNC(=O)Cc2ccccc2)cc(OC)c1OC. The van der Waals surface area contributed by atoms with Crippen molar-refractivity contribution in [3.05, 3.63) is 53.6 Å². The maximum atomic E-state index is 12.3. The lowest BCUT2D eigenvalue weighted by atomic mass is 10.1. The molecule has 2 rings (SSSR count). The Kier molecular flexibility index (Phi) is 7.49. The summed E-state index contributed by atoms with van der Waals surface area (Å²) in [5.74, 6) is 0.829. The molecule has 7 nitrogen and oxygen atoms in total. The molecule has 0 aliphatic rings. The molecule has 0 atom stereocenters. The third-order valence-electron chi connectivity index (χ3n) is 3.87. The first-order chi connectivity index (χ1) is 13.1. The Morgan fingerprint density at radius 3 is 2.00 bits per heavy atom. The summed E-state index contributed by atoms with van der Waals surface area (Å²) in [5.41, 5.74) is 1.32. The topological polar surface area (TPSA) is 85.9 Å². The van der Waals surface area contributed by atoms with Crippen LogP contribution in [0.25, 0.3) is 0 Å². The van der Waals surface area contributed by atoms with Gasteiger partial charge in [-0.3, -0.25) is 9.59 Å². The zero-order valence-corrected chi connectivity index (χ0v) is 15.7. The number of rotatable bonds is 9. The van der Waals surface area contributed by atoms with Gasteiger partial charge in [-0.25, -0.2) is 0 Å². The molecular weight excluding hydrogens is 348 g/mol. The first-order valence-corrected chi connectivity index (χ1v) is 8.47. The summed E-state index contributed by atoms with van der Waals surface area (Å²) in [6.07, 6.45) is 0.307. The second kappa shape index (κ2) is 10.1. The summed E-state index contributed by atoms with van der Waals surface area (Å²) in [4.78, 5) is 24.2. The van der Waals surface area contributed by atoms with Crippen LogP contribution in [0.4, 0.5) is 0 Å². The van der Waals surface area contributed by atoms with Gasteiger partial charge in [0.1, 0.15) is 0 Å². The van der Waals surface area contributed by atoms with Crippen molar-refractivity contribution in [2.75, 3.05) is 34.4 Å². The summed E-state index contributed by atoms with van der Waals surface area (Å²) >= 11 is 0. The number of ether oxygens (including phenoxy) is 3. The van der Waals surface area contributed by atoms with E-state index >= 15 is 0 Å². The van der Waals surface area contributed by atoms with Crippen LogP contribution in [0.2, 0.25) is 0 Å². The second-order valence-electron chi connectivity index (χ2n) is 5.68. The molecule has 0 aliphatic heterocycles. The van der Waals surface area contributed by atoms with Crippen LogP contribution in [0.3, 0.4) is 0 Å². The van der Waals surface area contributed by atoms with Gasteiger partial charge in [0, 0.05) is 18.7 Å². The number of benzene rings is 2. The van der Waals surface area contributed by atoms with Gasteiger partial charge in [0.15, 0.2) is 11.5 Å². The smallest absolute Gasteiger partial charge is 0.251 e. The molecular formula is C20H24N2O5. The van der Waals surface area contributed by atoms with E-state index in [1.807, 2.05) is 30.3 Å². The minimum atomic E-state index is -0.299. The number of nitrogens with one attached hydrogen (secondary N) is 2. The normalized spacial score (nSPS) is 10.0. The molecule has 2 N–H and O–H groups in total. The molecule has 144 valence electrons. The Labute approximate surface area is 158 Å². The zero-order chi connectivity index (χ0) is 19.6. The van der Waals surface area contributed by atoms with Gasteiger partial charge in [0.25, 0.3) is 5.91 Å². The average molecular weight is 372 g/mol. The molecule has 2 aromatic rings. The largest absolute Gasteiger partial charge is 0.493 e. The van der Waals surface area contributed by atoms with Gasteiger partial charge in [0.2, 0.25) is 11.7 Å². The van der Waals surface area contributed by atoms with Gasteiger partial charge in [-0.15, -0.1) is 0 Å². The van der Waals surface area contributed by atoms with Crippen LogP contribution in [0.5, 0.6) is 17.2 Å². The maximum absolute atomic E-state index is 12.3. The van der Waals surface area contributed by atoms with E-state index in [-0.39, 0.29) is 11.8 Å². The monoisotopic (exact) mass is 372 g/mol. The number of hydrogen-bond donors (Lipinski definition) is 2. The minimum absolute atomic E-state index is 0.0942. The Balaban J connectivity index is 1.86. The third-order valence-corrected chi connectivity index (χ3v) is 3.87. The predicted molar refractivity (Wildman–Crippen MR) is 102 cm³/mol. The van der Waals surface area contributed by atoms with E-state index in [0.717, 1.165) is 5.56 Å². The Morgan fingerprint density at radius 1 is 0.852 bits per heavy atom. The third kappa shape index (κ3) is 5.64. The molecule has 0 radical (unpaired) electrons. The summed E-state index contributed by atoms with van der Waals surface area (Å²) < 4.78 is 15.7. The average Bonchev–Trinajstić information content (AvgIpc) is 2.70. The zero-order valence-electron chi connectivity index (χ0n) is 15.7. The van der Waals surface area contributed by atoms with E-state index in [1.54, 1.807) is 12.1 Å². The van der Waals surface area contributed by atoms with E-state index in [1.165, 1.54) is 21.3 Å². The minimum Gasteiger partial charge on any atom is -0.493 e. The van der Waals surface area contributed by atoms with E-state index in [4.69, 9.17) is 14.2 Å². The standard InChI is InChI=1S/C20H24N2O5/c1-25-16-12-15(13-17(26-2)19(16)27-3)20(24)22-10-9-21-18(23)11-14-7-5-4-6-8-14/h4-8,12-13H,9-11H2,1-3H3,(H,21,23)(H,22,24). The molecule has 27 heavy (non-hydrogen) atoms. The summed E-state index contributed by atoms with van der Waals surface area (Å²) in [6, 6.07) is 12.6. The Hall–Kier alpha value is -3.22. The molecule has 0 aliphatic carbocycles. The van der Waals surface area contributed by atoms with Crippen molar-refractivity contribution < 1.29 is 23.8 Å². The molecule has 0 bridgehead atoms. The quantitative estimate of drug-likeness (QED) is 0.656. The summed E-state index contributed by atoms with van der Waals surface area (Å²) in [6.45, 7) is 0.637. The van der Waals surface area contributed by atoms with Crippen LogP contribution in [0.1, 0.15) is 15.9 Å². The maximum Gasteiger partial charge on any atom is 0.251 e. The number of methoxy groups -OCH3 is 3. The number of carbonyl (C=O) groups is 2. The van der Waals surface area contributed by atoms with Gasteiger partial charge < -0.3 is 24.8 Å². The fraction of sp³-hybridized carbons (Fsp3) is 0.300. The van der Waals surface area contributed by atoms with Gasteiger partial charge >= 0.3 is 0 Å². The lowest BCUT2D eigenvalue weighted by Gasteiger charge is -2.14. The second-order valence-corrected chi connectivity index (χ2v) is 5.68. The highest BCUT2D eigenvalue weighted by atomic mass is 16.5. The van der Waals surface area contributed by atoms with E-state index in [0.29, 0.717) is 42.3 Å². The van der Waals surface area contributed by atoms with Crippen molar-refractivity contribution in [2.24, 2.45) is 0 Å².